The third-order valence-corrected chi connectivity index (χ3v) is 4.21. The maximum Gasteiger partial charge on any atom is 0.119 e. The molecule has 1 aromatic rings. The van der Waals surface area contributed by atoms with Crippen LogP contribution in [0.5, 0.6) is 5.75 Å². The van der Waals surface area contributed by atoms with Crippen LogP contribution in [-0.4, -0.2) is 30.4 Å². The summed E-state index contributed by atoms with van der Waals surface area (Å²) in [7, 11) is 0. The van der Waals surface area contributed by atoms with Gasteiger partial charge in [0, 0.05) is 0 Å². The smallest absolute Gasteiger partial charge is 0.119 e. The molecule has 3 heteroatoms. The Labute approximate surface area is 122 Å². The molecule has 1 aromatic carbocycles. The molecule has 0 spiro atoms. The number of ether oxygens (including phenoxy) is 1. The monoisotopic (exact) mass is 277 g/mol. The predicted octanol–water partition coefficient (Wildman–Crippen LogP) is 2.94. The second-order valence-corrected chi connectivity index (χ2v) is 6.13. The summed E-state index contributed by atoms with van der Waals surface area (Å²) in [5, 5.41) is 13.2. The van der Waals surface area contributed by atoms with Gasteiger partial charge in [0.05, 0.1) is 12.1 Å². The number of aliphatic hydroxyl groups is 1. The van der Waals surface area contributed by atoms with Crippen LogP contribution in [0.2, 0.25) is 0 Å². The highest BCUT2D eigenvalue weighted by Gasteiger charge is 2.45. The molecule has 0 aromatic heterocycles. The van der Waals surface area contributed by atoms with Crippen LogP contribution in [0.15, 0.2) is 24.3 Å². The van der Waals surface area contributed by atoms with E-state index in [-0.39, 0.29) is 12.1 Å². The summed E-state index contributed by atoms with van der Waals surface area (Å²) >= 11 is 0. The molecule has 1 aliphatic carbocycles. The molecule has 2 N–H and O–H groups in total. The predicted molar refractivity (Wildman–Crippen MR) is 82.2 cm³/mol. The Morgan fingerprint density at radius 3 is 2.40 bits per heavy atom. The van der Waals surface area contributed by atoms with Crippen LogP contribution < -0.4 is 10.1 Å². The second kappa shape index (κ2) is 6.59. The van der Waals surface area contributed by atoms with E-state index in [9.17, 15) is 5.11 Å². The van der Waals surface area contributed by atoms with E-state index in [0.717, 1.165) is 12.3 Å². The van der Waals surface area contributed by atoms with Crippen molar-refractivity contribution in [2.24, 2.45) is 5.92 Å². The highest BCUT2D eigenvalue weighted by atomic mass is 16.5. The van der Waals surface area contributed by atoms with Gasteiger partial charge in [0.1, 0.15) is 12.4 Å². The summed E-state index contributed by atoms with van der Waals surface area (Å²) < 4.78 is 5.93. The van der Waals surface area contributed by atoms with Crippen molar-refractivity contribution in [2.45, 2.75) is 45.1 Å². The number of nitrogens with one attached hydrogen (secondary N) is 1. The SMILES string of the molecule is CCNC(CO)(COc1ccc(C(C)C)cc1)C1CC1. The molecule has 112 valence electrons. The van der Waals surface area contributed by atoms with Gasteiger partial charge in [-0.3, -0.25) is 0 Å². The van der Waals surface area contributed by atoms with Crippen molar-refractivity contribution < 1.29 is 9.84 Å². The van der Waals surface area contributed by atoms with E-state index in [2.05, 4.69) is 38.2 Å². The Hall–Kier alpha value is -1.06. The Bertz CT molecular complexity index is 412. The van der Waals surface area contributed by atoms with E-state index in [1.165, 1.54) is 18.4 Å². The molecule has 1 unspecified atom stereocenters. The molecule has 0 amide bonds. The minimum atomic E-state index is -0.272. The lowest BCUT2D eigenvalue weighted by Crippen LogP contribution is -2.55. The van der Waals surface area contributed by atoms with Crippen molar-refractivity contribution in [1.82, 2.24) is 5.32 Å². The van der Waals surface area contributed by atoms with Crippen LogP contribution in [0, 0.1) is 5.92 Å². The summed E-state index contributed by atoms with van der Waals surface area (Å²) in [6, 6.07) is 8.28. The van der Waals surface area contributed by atoms with Crippen molar-refractivity contribution >= 4 is 0 Å². The molecule has 2 rings (SSSR count). The van der Waals surface area contributed by atoms with Crippen LogP contribution in [0.25, 0.3) is 0 Å². The maximum absolute atomic E-state index is 9.77. The standard InChI is InChI=1S/C17H27NO2/c1-4-18-17(11-19,15-7-8-15)12-20-16-9-5-14(6-10-16)13(2)3/h5-6,9-10,13,15,18-19H,4,7-8,11-12H2,1-3H3. The van der Waals surface area contributed by atoms with Gasteiger partial charge in [-0.15, -0.1) is 0 Å². The van der Waals surface area contributed by atoms with Crippen molar-refractivity contribution in [3.8, 4) is 5.75 Å². The van der Waals surface area contributed by atoms with E-state index in [4.69, 9.17) is 4.74 Å². The first kappa shape index (κ1) is 15.3. The summed E-state index contributed by atoms with van der Waals surface area (Å²) in [5.74, 6) is 1.96. The minimum Gasteiger partial charge on any atom is -0.492 e. The molecular formula is C17H27NO2. The quantitative estimate of drug-likeness (QED) is 0.767. The molecule has 0 aliphatic heterocycles. The van der Waals surface area contributed by atoms with Gasteiger partial charge in [-0.1, -0.05) is 32.9 Å². The molecule has 0 heterocycles. The zero-order chi connectivity index (χ0) is 14.6. The fourth-order valence-electron chi connectivity index (χ4n) is 2.69. The summed E-state index contributed by atoms with van der Waals surface area (Å²) in [5.41, 5.74) is 1.05. The van der Waals surface area contributed by atoms with Crippen molar-refractivity contribution in [3.63, 3.8) is 0 Å². The first-order valence-corrected chi connectivity index (χ1v) is 7.70. The van der Waals surface area contributed by atoms with E-state index in [1.54, 1.807) is 0 Å². The van der Waals surface area contributed by atoms with Gasteiger partial charge < -0.3 is 15.2 Å². The fourth-order valence-corrected chi connectivity index (χ4v) is 2.69. The van der Waals surface area contributed by atoms with E-state index < -0.39 is 0 Å². The number of hydrogen-bond acceptors (Lipinski definition) is 3. The summed E-state index contributed by atoms with van der Waals surface area (Å²) in [6.45, 7) is 7.96. The fraction of sp³-hybridized carbons (Fsp3) is 0.647. The molecule has 1 saturated carbocycles. The van der Waals surface area contributed by atoms with Crippen LogP contribution in [-0.2, 0) is 0 Å². The first-order valence-electron chi connectivity index (χ1n) is 7.70. The van der Waals surface area contributed by atoms with Gasteiger partial charge in [-0.2, -0.15) is 0 Å². The highest BCUT2D eigenvalue weighted by Crippen LogP contribution is 2.39. The lowest BCUT2D eigenvalue weighted by Gasteiger charge is -2.33. The maximum atomic E-state index is 9.77. The average molecular weight is 277 g/mol. The van der Waals surface area contributed by atoms with Crippen LogP contribution in [0.3, 0.4) is 0 Å². The zero-order valence-electron chi connectivity index (χ0n) is 12.9. The van der Waals surface area contributed by atoms with Gasteiger partial charge in [-0.25, -0.2) is 0 Å². The number of rotatable bonds is 8. The molecule has 0 radical (unpaired) electrons. The first-order chi connectivity index (χ1) is 9.61. The molecule has 20 heavy (non-hydrogen) atoms. The molecule has 1 aliphatic rings. The third kappa shape index (κ3) is 3.53. The number of likely N-dealkylation sites (N-methyl/N-ethyl adjacent to an activating group) is 1. The van der Waals surface area contributed by atoms with E-state index >= 15 is 0 Å². The molecule has 0 saturated heterocycles. The number of benzene rings is 1. The largest absolute Gasteiger partial charge is 0.492 e. The Morgan fingerprint density at radius 1 is 1.30 bits per heavy atom. The number of aliphatic hydroxyl groups excluding tert-OH is 1. The second-order valence-electron chi connectivity index (χ2n) is 6.13. The van der Waals surface area contributed by atoms with E-state index in [1.807, 2.05) is 12.1 Å². The van der Waals surface area contributed by atoms with Gasteiger partial charge >= 0.3 is 0 Å². The lowest BCUT2D eigenvalue weighted by molar-refractivity contribution is 0.0864. The van der Waals surface area contributed by atoms with Gasteiger partial charge in [0.2, 0.25) is 0 Å². The normalized spacial score (nSPS) is 18.1. The van der Waals surface area contributed by atoms with Crippen molar-refractivity contribution in [3.05, 3.63) is 29.8 Å². The molecule has 3 nitrogen and oxygen atoms in total. The minimum absolute atomic E-state index is 0.135. The van der Waals surface area contributed by atoms with E-state index in [0.29, 0.717) is 18.4 Å². The average Bonchev–Trinajstić information content (AvgIpc) is 3.29. The Morgan fingerprint density at radius 2 is 1.95 bits per heavy atom. The summed E-state index contributed by atoms with van der Waals surface area (Å²) in [4.78, 5) is 0. The Balaban J connectivity index is 1.98. The van der Waals surface area contributed by atoms with Gasteiger partial charge in [0.15, 0.2) is 0 Å². The summed E-state index contributed by atoms with van der Waals surface area (Å²) in [6.07, 6.45) is 2.37. The van der Waals surface area contributed by atoms with Gasteiger partial charge in [-0.05, 0) is 48.9 Å². The molecule has 0 bridgehead atoms. The van der Waals surface area contributed by atoms with Crippen LogP contribution in [0.4, 0.5) is 0 Å². The third-order valence-electron chi connectivity index (χ3n) is 4.21. The topological polar surface area (TPSA) is 41.5 Å². The highest BCUT2D eigenvalue weighted by molar-refractivity contribution is 5.29. The molecule has 1 atom stereocenters. The van der Waals surface area contributed by atoms with Crippen LogP contribution >= 0.6 is 0 Å². The lowest BCUT2D eigenvalue weighted by atomic mass is 9.95. The van der Waals surface area contributed by atoms with Crippen molar-refractivity contribution in [1.29, 1.82) is 0 Å². The molecule has 1 fully saturated rings. The van der Waals surface area contributed by atoms with Gasteiger partial charge in [0.25, 0.3) is 0 Å². The van der Waals surface area contributed by atoms with Crippen molar-refractivity contribution in [2.75, 3.05) is 19.8 Å². The number of hydrogen-bond donors (Lipinski definition) is 2. The molecular weight excluding hydrogens is 250 g/mol. The Kier molecular flexibility index (Phi) is 5.06. The van der Waals surface area contributed by atoms with Crippen LogP contribution in [0.1, 0.15) is 45.1 Å². The zero-order valence-corrected chi connectivity index (χ0v) is 12.9.